The van der Waals surface area contributed by atoms with Crippen molar-refractivity contribution in [3.63, 3.8) is 0 Å². The van der Waals surface area contributed by atoms with Gasteiger partial charge in [-0.3, -0.25) is 9.59 Å². The van der Waals surface area contributed by atoms with Gasteiger partial charge in [0, 0.05) is 31.6 Å². The molecule has 142 valence electrons. The first-order valence-electron chi connectivity index (χ1n) is 9.45. The third kappa shape index (κ3) is 4.88. The van der Waals surface area contributed by atoms with Gasteiger partial charge in [0.05, 0.1) is 0 Å². The molecule has 0 aliphatic carbocycles. The van der Waals surface area contributed by atoms with Gasteiger partial charge in [-0.25, -0.2) is 0 Å². The lowest BCUT2D eigenvalue weighted by atomic mass is 9.89. The highest BCUT2D eigenvalue weighted by molar-refractivity contribution is 5.95. The van der Waals surface area contributed by atoms with Crippen LogP contribution in [0.1, 0.15) is 46.7 Å². The summed E-state index contributed by atoms with van der Waals surface area (Å²) in [5.41, 5.74) is 2.79. The maximum atomic E-state index is 12.4. The van der Waals surface area contributed by atoms with Crippen molar-refractivity contribution in [1.82, 2.24) is 10.2 Å². The number of benzene rings is 2. The zero-order valence-corrected chi connectivity index (χ0v) is 15.6. The minimum absolute atomic E-state index is 0.0873. The molecule has 2 aromatic carbocycles. The molecule has 2 amide bonds. The van der Waals surface area contributed by atoms with E-state index in [0.717, 1.165) is 31.5 Å². The fourth-order valence-corrected chi connectivity index (χ4v) is 3.57. The molecule has 1 saturated heterocycles. The normalized spacial score (nSPS) is 14.8. The first-order chi connectivity index (χ1) is 13.0. The molecule has 0 bridgehead atoms. The molecule has 2 aromatic rings. The Morgan fingerprint density at radius 1 is 1.07 bits per heavy atom. The Labute approximate surface area is 160 Å². The summed E-state index contributed by atoms with van der Waals surface area (Å²) in [4.78, 5) is 26.5. The minimum atomic E-state index is -0.132. The molecule has 0 aromatic heterocycles. The maximum Gasteiger partial charge on any atom is 0.251 e. The van der Waals surface area contributed by atoms with Gasteiger partial charge in [0.1, 0.15) is 5.75 Å². The Bertz CT molecular complexity index is 793. The van der Waals surface area contributed by atoms with Gasteiger partial charge >= 0.3 is 0 Å². The van der Waals surface area contributed by atoms with Gasteiger partial charge in [-0.15, -0.1) is 0 Å². The molecular formula is C22H26N2O3. The van der Waals surface area contributed by atoms with Crippen LogP contribution in [0.5, 0.6) is 5.75 Å². The van der Waals surface area contributed by atoms with Crippen molar-refractivity contribution in [2.75, 3.05) is 19.6 Å². The molecule has 3 rings (SSSR count). The van der Waals surface area contributed by atoms with Crippen LogP contribution < -0.4 is 5.32 Å². The summed E-state index contributed by atoms with van der Waals surface area (Å²) in [6, 6.07) is 14.8. The largest absolute Gasteiger partial charge is 0.508 e. The minimum Gasteiger partial charge on any atom is -0.508 e. The van der Waals surface area contributed by atoms with Crippen molar-refractivity contribution in [1.29, 1.82) is 0 Å². The lowest BCUT2D eigenvalue weighted by Crippen LogP contribution is -2.39. The number of amides is 2. The fourth-order valence-electron chi connectivity index (χ4n) is 3.57. The maximum absolute atomic E-state index is 12.4. The summed E-state index contributed by atoms with van der Waals surface area (Å²) in [5.74, 6) is 0.658. The number of phenols is 1. The number of aryl methyl sites for hydroxylation is 1. The zero-order valence-electron chi connectivity index (χ0n) is 15.6. The number of nitrogens with zero attached hydrogens (tertiary/aromatic N) is 1. The van der Waals surface area contributed by atoms with Gasteiger partial charge in [-0.05, 0) is 55.0 Å². The summed E-state index contributed by atoms with van der Waals surface area (Å²) in [7, 11) is 0. The third-order valence-corrected chi connectivity index (χ3v) is 5.23. The van der Waals surface area contributed by atoms with Crippen LogP contribution in [0.3, 0.4) is 0 Å². The molecule has 0 radical (unpaired) electrons. The van der Waals surface area contributed by atoms with Crippen LogP contribution in [0.2, 0.25) is 0 Å². The zero-order chi connectivity index (χ0) is 19.2. The Morgan fingerprint density at radius 3 is 2.41 bits per heavy atom. The number of aromatic hydroxyl groups is 1. The molecule has 1 aliphatic heterocycles. The number of nitrogens with one attached hydrogen (secondary N) is 1. The second kappa shape index (κ2) is 8.71. The smallest absolute Gasteiger partial charge is 0.251 e. The van der Waals surface area contributed by atoms with Crippen molar-refractivity contribution >= 4 is 11.8 Å². The van der Waals surface area contributed by atoms with Crippen LogP contribution in [0, 0.1) is 6.92 Å². The predicted molar refractivity (Wildman–Crippen MR) is 105 cm³/mol. The Kier molecular flexibility index (Phi) is 6.12. The first kappa shape index (κ1) is 19.0. The standard InChI is InChI=1S/C22H26N2O3/c1-16-4-2-3-5-20(16)22(27)23-13-10-21(26)24-14-11-18(12-15-24)17-6-8-19(25)9-7-17/h2-9,18,25H,10-15H2,1H3,(H,23,27). The molecule has 1 aliphatic rings. The number of hydrogen-bond acceptors (Lipinski definition) is 3. The molecule has 2 N–H and O–H groups in total. The molecular weight excluding hydrogens is 340 g/mol. The van der Waals surface area contributed by atoms with Crippen molar-refractivity contribution in [2.24, 2.45) is 0 Å². The molecule has 0 spiro atoms. The van der Waals surface area contributed by atoms with Gasteiger partial charge in [-0.2, -0.15) is 0 Å². The number of carbonyl (C=O) groups excluding carboxylic acids is 2. The number of carbonyl (C=O) groups is 2. The van der Waals surface area contributed by atoms with E-state index in [-0.39, 0.29) is 17.6 Å². The van der Waals surface area contributed by atoms with Crippen LogP contribution in [0.25, 0.3) is 0 Å². The van der Waals surface area contributed by atoms with E-state index >= 15 is 0 Å². The van der Waals surface area contributed by atoms with E-state index in [0.29, 0.717) is 24.4 Å². The van der Waals surface area contributed by atoms with Crippen LogP contribution in [-0.2, 0) is 4.79 Å². The van der Waals surface area contributed by atoms with Gasteiger partial charge in [-0.1, -0.05) is 30.3 Å². The van der Waals surface area contributed by atoms with E-state index in [2.05, 4.69) is 5.32 Å². The number of hydrogen-bond donors (Lipinski definition) is 2. The monoisotopic (exact) mass is 366 g/mol. The number of piperidine rings is 1. The highest BCUT2D eigenvalue weighted by atomic mass is 16.3. The lowest BCUT2D eigenvalue weighted by Gasteiger charge is -2.32. The molecule has 27 heavy (non-hydrogen) atoms. The Balaban J connectivity index is 1.42. The highest BCUT2D eigenvalue weighted by Crippen LogP contribution is 2.29. The number of phenolic OH excluding ortho intramolecular Hbond substituents is 1. The Morgan fingerprint density at radius 2 is 1.74 bits per heavy atom. The molecule has 5 nitrogen and oxygen atoms in total. The quantitative estimate of drug-likeness (QED) is 0.854. The van der Waals surface area contributed by atoms with Gasteiger partial charge in [0.2, 0.25) is 5.91 Å². The summed E-state index contributed by atoms with van der Waals surface area (Å²) >= 11 is 0. The van der Waals surface area contributed by atoms with Gasteiger partial charge in [0.15, 0.2) is 0 Å². The van der Waals surface area contributed by atoms with Crippen molar-refractivity contribution < 1.29 is 14.7 Å². The predicted octanol–water partition coefficient (Wildman–Crippen LogP) is 3.23. The molecule has 1 heterocycles. The van der Waals surface area contributed by atoms with Gasteiger partial charge < -0.3 is 15.3 Å². The lowest BCUT2D eigenvalue weighted by molar-refractivity contribution is -0.132. The molecule has 1 fully saturated rings. The second-order valence-corrected chi connectivity index (χ2v) is 7.07. The fraction of sp³-hybridized carbons (Fsp3) is 0.364. The van der Waals surface area contributed by atoms with E-state index in [1.54, 1.807) is 18.2 Å². The van der Waals surface area contributed by atoms with E-state index in [9.17, 15) is 14.7 Å². The molecule has 0 atom stereocenters. The third-order valence-electron chi connectivity index (χ3n) is 5.23. The van der Waals surface area contributed by atoms with Crippen molar-refractivity contribution in [3.05, 3.63) is 65.2 Å². The summed E-state index contributed by atoms with van der Waals surface area (Å²) < 4.78 is 0. The number of rotatable bonds is 5. The van der Waals surface area contributed by atoms with E-state index in [1.165, 1.54) is 5.56 Å². The molecule has 0 saturated carbocycles. The molecule has 5 heteroatoms. The van der Waals surface area contributed by atoms with Crippen LogP contribution in [0.15, 0.2) is 48.5 Å². The highest BCUT2D eigenvalue weighted by Gasteiger charge is 2.23. The molecule has 0 unspecified atom stereocenters. The average Bonchev–Trinajstić information content (AvgIpc) is 2.69. The van der Waals surface area contributed by atoms with Crippen molar-refractivity contribution in [3.8, 4) is 5.75 Å². The van der Waals surface area contributed by atoms with Gasteiger partial charge in [0.25, 0.3) is 5.91 Å². The van der Waals surface area contributed by atoms with Crippen LogP contribution in [0.4, 0.5) is 0 Å². The van der Waals surface area contributed by atoms with Crippen LogP contribution in [-0.4, -0.2) is 41.5 Å². The second-order valence-electron chi connectivity index (χ2n) is 7.07. The summed E-state index contributed by atoms with van der Waals surface area (Å²) in [5, 5.41) is 12.2. The topological polar surface area (TPSA) is 69.6 Å². The number of likely N-dealkylation sites (tertiary alicyclic amines) is 1. The van der Waals surface area contributed by atoms with Crippen molar-refractivity contribution in [2.45, 2.75) is 32.1 Å². The SMILES string of the molecule is Cc1ccccc1C(=O)NCCC(=O)N1CCC(c2ccc(O)cc2)CC1. The summed E-state index contributed by atoms with van der Waals surface area (Å²) in [6.07, 6.45) is 2.17. The van der Waals surface area contributed by atoms with Crippen LogP contribution >= 0.6 is 0 Å². The van der Waals surface area contributed by atoms with E-state index < -0.39 is 0 Å². The average molecular weight is 366 g/mol. The first-order valence-corrected chi connectivity index (χ1v) is 9.45. The van der Waals surface area contributed by atoms with E-state index in [4.69, 9.17) is 0 Å². The van der Waals surface area contributed by atoms with E-state index in [1.807, 2.05) is 42.2 Å². The summed E-state index contributed by atoms with van der Waals surface area (Å²) in [6.45, 7) is 3.72. The Hall–Kier alpha value is -2.82.